The van der Waals surface area contributed by atoms with Crippen LogP contribution in [-0.2, 0) is 6.42 Å². The largest absolute Gasteiger partial charge is 0.490 e. The van der Waals surface area contributed by atoms with Gasteiger partial charge in [0, 0.05) is 13.0 Å². The fourth-order valence-corrected chi connectivity index (χ4v) is 2.95. The molecule has 1 aromatic rings. The van der Waals surface area contributed by atoms with Gasteiger partial charge in [0.2, 0.25) is 0 Å². The first kappa shape index (κ1) is 15.4. The van der Waals surface area contributed by atoms with Crippen LogP contribution in [0.2, 0.25) is 0 Å². The minimum absolute atomic E-state index is 0.274. The first-order chi connectivity index (χ1) is 9.35. The molecule has 0 aliphatic carbocycles. The van der Waals surface area contributed by atoms with Gasteiger partial charge in [-0.2, -0.15) is 0 Å². The van der Waals surface area contributed by atoms with Crippen LogP contribution in [0.5, 0.6) is 5.75 Å². The standard InChI is InChI=1S/C18H29NO/c1-13(2)11-19-12-18(4,5)10-16-9-15-8-14(3)6-7-17(15)20-16/h6-8,13,16,19H,9-12H2,1-5H3. The second-order valence-corrected chi connectivity index (χ2v) is 7.45. The van der Waals surface area contributed by atoms with Gasteiger partial charge in [-0.15, -0.1) is 0 Å². The molecule has 1 atom stereocenters. The molecule has 0 radical (unpaired) electrons. The van der Waals surface area contributed by atoms with Crippen molar-refractivity contribution < 1.29 is 4.74 Å². The Labute approximate surface area is 123 Å². The SMILES string of the molecule is Cc1ccc2c(c1)CC(CC(C)(C)CNCC(C)C)O2. The Bertz CT molecular complexity index is 451. The molecule has 2 nitrogen and oxygen atoms in total. The minimum Gasteiger partial charge on any atom is -0.490 e. The maximum atomic E-state index is 6.10. The topological polar surface area (TPSA) is 21.3 Å². The van der Waals surface area contributed by atoms with Gasteiger partial charge in [-0.25, -0.2) is 0 Å². The predicted molar refractivity (Wildman–Crippen MR) is 85.4 cm³/mol. The number of hydrogen-bond donors (Lipinski definition) is 1. The summed E-state index contributed by atoms with van der Waals surface area (Å²) in [4.78, 5) is 0. The van der Waals surface area contributed by atoms with Crippen molar-refractivity contribution >= 4 is 0 Å². The van der Waals surface area contributed by atoms with Gasteiger partial charge in [-0.05, 0) is 42.9 Å². The molecule has 112 valence electrons. The summed E-state index contributed by atoms with van der Waals surface area (Å²) in [5.74, 6) is 1.80. The summed E-state index contributed by atoms with van der Waals surface area (Å²) < 4.78 is 6.10. The normalized spacial score (nSPS) is 18.2. The Hall–Kier alpha value is -1.02. The van der Waals surface area contributed by atoms with Gasteiger partial charge >= 0.3 is 0 Å². The van der Waals surface area contributed by atoms with Crippen LogP contribution in [0.15, 0.2) is 18.2 Å². The van der Waals surface area contributed by atoms with E-state index in [1.807, 2.05) is 0 Å². The molecule has 1 heterocycles. The number of aryl methyl sites for hydroxylation is 1. The average Bonchev–Trinajstić information content (AvgIpc) is 2.68. The van der Waals surface area contributed by atoms with E-state index in [4.69, 9.17) is 4.74 Å². The molecule has 1 N–H and O–H groups in total. The number of fused-ring (bicyclic) bond motifs is 1. The van der Waals surface area contributed by atoms with Crippen molar-refractivity contribution in [1.29, 1.82) is 0 Å². The molecule has 2 rings (SSSR count). The third kappa shape index (κ3) is 4.24. The zero-order valence-electron chi connectivity index (χ0n) is 13.6. The first-order valence-electron chi connectivity index (χ1n) is 7.83. The molecule has 1 aromatic carbocycles. The van der Waals surface area contributed by atoms with Gasteiger partial charge in [-0.1, -0.05) is 45.4 Å². The molecule has 2 heteroatoms. The molecule has 0 fully saturated rings. The van der Waals surface area contributed by atoms with E-state index in [1.54, 1.807) is 0 Å². The molecule has 20 heavy (non-hydrogen) atoms. The fourth-order valence-electron chi connectivity index (χ4n) is 2.95. The number of ether oxygens (including phenoxy) is 1. The van der Waals surface area contributed by atoms with Crippen molar-refractivity contribution in [3.05, 3.63) is 29.3 Å². The van der Waals surface area contributed by atoms with E-state index in [9.17, 15) is 0 Å². The van der Waals surface area contributed by atoms with E-state index in [0.29, 0.717) is 12.0 Å². The Morgan fingerprint density at radius 3 is 2.80 bits per heavy atom. The lowest BCUT2D eigenvalue weighted by molar-refractivity contribution is 0.154. The molecule has 0 amide bonds. The molecule has 1 unspecified atom stereocenters. The molecule has 1 aliphatic heterocycles. The van der Waals surface area contributed by atoms with Crippen molar-refractivity contribution in [3.63, 3.8) is 0 Å². The summed E-state index contributed by atoms with van der Waals surface area (Å²) in [6.45, 7) is 13.5. The smallest absolute Gasteiger partial charge is 0.123 e. The summed E-state index contributed by atoms with van der Waals surface area (Å²) in [6, 6.07) is 6.52. The van der Waals surface area contributed by atoms with E-state index in [1.165, 1.54) is 11.1 Å². The summed E-state index contributed by atoms with van der Waals surface area (Å²) in [7, 11) is 0. The summed E-state index contributed by atoms with van der Waals surface area (Å²) >= 11 is 0. The Kier molecular flexibility index (Phi) is 4.74. The van der Waals surface area contributed by atoms with Crippen LogP contribution in [0.25, 0.3) is 0 Å². The number of rotatable bonds is 6. The molecule has 0 bridgehead atoms. The molecule has 0 aromatic heterocycles. The summed E-state index contributed by atoms with van der Waals surface area (Å²) in [5, 5.41) is 3.57. The lowest BCUT2D eigenvalue weighted by Gasteiger charge is -2.28. The van der Waals surface area contributed by atoms with Crippen LogP contribution in [-0.4, -0.2) is 19.2 Å². The molecular formula is C18H29NO. The Balaban J connectivity index is 1.85. The molecule has 1 aliphatic rings. The molecular weight excluding hydrogens is 246 g/mol. The van der Waals surface area contributed by atoms with E-state index in [0.717, 1.165) is 31.7 Å². The van der Waals surface area contributed by atoms with Gasteiger partial charge in [0.05, 0.1) is 0 Å². The highest BCUT2D eigenvalue weighted by molar-refractivity contribution is 5.40. The summed E-state index contributed by atoms with van der Waals surface area (Å²) in [6.07, 6.45) is 2.50. The number of benzene rings is 1. The van der Waals surface area contributed by atoms with Crippen molar-refractivity contribution in [2.24, 2.45) is 11.3 Å². The van der Waals surface area contributed by atoms with Crippen LogP contribution >= 0.6 is 0 Å². The van der Waals surface area contributed by atoms with Crippen LogP contribution < -0.4 is 10.1 Å². The second kappa shape index (κ2) is 6.17. The highest BCUT2D eigenvalue weighted by Crippen LogP contribution is 2.34. The van der Waals surface area contributed by atoms with Gasteiger partial charge in [0.25, 0.3) is 0 Å². The van der Waals surface area contributed by atoms with Gasteiger partial charge in [0.1, 0.15) is 11.9 Å². The number of nitrogens with one attached hydrogen (secondary N) is 1. The van der Waals surface area contributed by atoms with Crippen LogP contribution in [0.3, 0.4) is 0 Å². The van der Waals surface area contributed by atoms with Crippen LogP contribution in [0.4, 0.5) is 0 Å². The average molecular weight is 275 g/mol. The molecule has 0 saturated heterocycles. The predicted octanol–water partition coefficient (Wildman–Crippen LogP) is 3.96. The van der Waals surface area contributed by atoms with E-state index >= 15 is 0 Å². The summed E-state index contributed by atoms with van der Waals surface area (Å²) in [5.41, 5.74) is 2.98. The zero-order chi connectivity index (χ0) is 14.8. The third-order valence-electron chi connectivity index (χ3n) is 3.89. The van der Waals surface area contributed by atoms with Gasteiger partial charge in [-0.3, -0.25) is 0 Å². The molecule has 0 spiro atoms. The highest BCUT2D eigenvalue weighted by Gasteiger charge is 2.29. The van der Waals surface area contributed by atoms with Crippen molar-refractivity contribution in [2.45, 2.75) is 53.6 Å². The van der Waals surface area contributed by atoms with Crippen molar-refractivity contribution in [3.8, 4) is 5.75 Å². The van der Waals surface area contributed by atoms with E-state index in [2.05, 4.69) is 58.1 Å². The van der Waals surface area contributed by atoms with E-state index in [-0.39, 0.29) is 5.41 Å². The molecule has 0 saturated carbocycles. The van der Waals surface area contributed by atoms with E-state index < -0.39 is 0 Å². The van der Waals surface area contributed by atoms with Crippen LogP contribution in [0.1, 0.15) is 45.2 Å². The maximum absolute atomic E-state index is 6.10. The lowest BCUT2D eigenvalue weighted by Crippen LogP contribution is -2.35. The quantitative estimate of drug-likeness (QED) is 0.848. The fraction of sp³-hybridized carbons (Fsp3) is 0.667. The monoisotopic (exact) mass is 275 g/mol. The van der Waals surface area contributed by atoms with Crippen molar-refractivity contribution in [1.82, 2.24) is 5.32 Å². The lowest BCUT2D eigenvalue weighted by atomic mass is 9.85. The Morgan fingerprint density at radius 2 is 2.10 bits per heavy atom. The maximum Gasteiger partial charge on any atom is 0.123 e. The second-order valence-electron chi connectivity index (χ2n) is 7.45. The van der Waals surface area contributed by atoms with Gasteiger partial charge in [0.15, 0.2) is 0 Å². The first-order valence-corrected chi connectivity index (χ1v) is 7.83. The highest BCUT2D eigenvalue weighted by atomic mass is 16.5. The minimum atomic E-state index is 0.274. The third-order valence-corrected chi connectivity index (χ3v) is 3.89. The zero-order valence-corrected chi connectivity index (χ0v) is 13.6. The van der Waals surface area contributed by atoms with Crippen LogP contribution in [0, 0.1) is 18.3 Å². The number of hydrogen-bond acceptors (Lipinski definition) is 2. The van der Waals surface area contributed by atoms with Crippen molar-refractivity contribution in [2.75, 3.05) is 13.1 Å². The Morgan fingerprint density at radius 1 is 1.35 bits per heavy atom. The van der Waals surface area contributed by atoms with Gasteiger partial charge < -0.3 is 10.1 Å².